The van der Waals surface area contributed by atoms with Crippen LogP contribution < -0.4 is 9.64 Å². The van der Waals surface area contributed by atoms with Gasteiger partial charge in [-0.05, 0) is 49.6 Å². The number of anilines is 1. The minimum Gasteiger partial charge on any atom is -0.492 e. The predicted octanol–water partition coefficient (Wildman–Crippen LogP) is 4.34. The van der Waals surface area contributed by atoms with Crippen molar-refractivity contribution in [2.24, 2.45) is 0 Å². The van der Waals surface area contributed by atoms with Crippen molar-refractivity contribution in [2.45, 2.75) is 27.1 Å². The van der Waals surface area contributed by atoms with Gasteiger partial charge in [0.15, 0.2) is 10.6 Å². The van der Waals surface area contributed by atoms with Gasteiger partial charge in [-0.2, -0.15) is 0 Å². The van der Waals surface area contributed by atoms with Crippen LogP contribution in [0.3, 0.4) is 0 Å². The quantitative estimate of drug-likeness (QED) is 0.523. The molecule has 0 spiro atoms. The van der Waals surface area contributed by atoms with E-state index in [-0.39, 0.29) is 0 Å². The average Bonchev–Trinajstić information content (AvgIpc) is 3.38. The molecule has 3 aromatic rings. The lowest BCUT2D eigenvalue weighted by atomic mass is 10.2. The zero-order valence-electron chi connectivity index (χ0n) is 17.0. The van der Waals surface area contributed by atoms with Crippen molar-refractivity contribution in [1.82, 2.24) is 19.2 Å². The summed E-state index contributed by atoms with van der Waals surface area (Å²) in [5.41, 5.74) is 1.18. The summed E-state index contributed by atoms with van der Waals surface area (Å²) in [6, 6.07) is 12.5. The maximum atomic E-state index is 5.81. The molecule has 6 nitrogen and oxygen atoms in total. The molecule has 3 heterocycles. The van der Waals surface area contributed by atoms with E-state index in [2.05, 4.69) is 50.9 Å². The maximum Gasteiger partial charge on any atom is 0.199 e. The number of nitrogens with zero attached hydrogens (tertiary/aromatic N) is 5. The van der Waals surface area contributed by atoms with Gasteiger partial charge in [0.05, 0.1) is 23.8 Å². The number of hydrogen-bond donors (Lipinski definition) is 0. The fraction of sp³-hybridized carbons (Fsp3) is 0.429. The van der Waals surface area contributed by atoms with E-state index in [0.29, 0.717) is 6.61 Å². The molecule has 0 aliphatic carbocycles. The smallest absolute Gasteiger partial charge is 0.199 e. The van der Waals surface area contributed by atoms with Gasteiger partial charge in [-0.3, -0.25) is 9.47 Å². The Kier molecular flexibility index (Phi) is 6.32. The van der Waals surface area contributed by atoms with Gasteiger partial charge in [0.25, 0.3) is 0 Å². The molecule has 1 fully saturated rings. The molecule has 1 saturated heterocycles. The second kappa shape index (κ2) is 9.11. The Balaban J connectivity index is 1.45. The zero-order chi connectivity index (χ0) is 20.2. The number of para-hydroxylation sites is 2. The van der Waals surface area contributed by atoms with Gasteiger partial charge < -0.3 is 9.64 Å². The number of hydrogen-bond acceptors (Lipinski definition) is 6. The minimum atomic E-state index is 0.682. The van der Waals surface area contributed by atoms with Crippen molar-refractivity contribution in [2.75, 3.05) is 37.7 Å². The van der Waals surface area contributed by atoms with Gasteiger partial charge in [-0.25, -0.2) is 4.68 Å². The van der Waals surface area contributed by atoms with E-state index in [1.807, 2.05) is 23.7 Å². The fourth-order valence-corrected chi connectivity index (χ4v) is 4.75. The first-order valence-electron chi connectivity index (χ1n) is 10.1. The Hall–Kier alpha value is -2.16. The first-order valence-corrected chi connectivity index (χ1v) is 11.4. The number of thiophene rings is 1. The molecule has 0 unspecified atom stereocenters. The predicted molar refractivity (Wildman–Crippen MR) is 121 cm³/mol. The normalized spacial score (nSPS) is 15.0. The summed E-state index contributed by atoms with van der Waals surface area (Å²) < 4.78 is 10.7. The molecule has 0 bridgehead atoms. The third-order valence-electron chi connectivity index (χ3n) is 5.19. The lowest BCUT2D eigenvalue weighted by Crippen LogP contribution is -2.47. The van der Waals surface area contributed by atoms with Crippen molar-refractivity contribution in [3.05, 3.63) is 46.5 Å². The van der Waals surface area contributed by atoms with Crippen LogP contribution in [0.5, 0.6) is 5.75 Å². The second-order valence-electron chi connectivity index (χ2n) is 6.97. The zero-order valence-corrected chi connectivity index (χ0v) is 18.6. The van der Waals surface area contributed by atoms with E-state index in [0.717, 1.165) is 60.6 Å². The maximum absolute atomic E-state index is 5.81. The summed E-state index contributed by atoms with van der Waals surface area (Å²) >= 11 is 7.42. The molecule has 29 heavy (non-hydrogen) atoms. The molecule has 1 aliphatic rings. The van der Waals surface area contributed by atoms with E-state index in [9.17, 15) is 0 Å². The highest BCUT2D eigenvalue weighted by molar-refractivity contribution is 7.71. The topological polar surface area (TPSA) is 38.5 Å². The Labute approximate surface area is 180 Å². The van der Waals surface area contributed by atoms with Crippen LogP contribution in [-0.2, 0) is 13.2 Å². The lowest BCUT2D eigenvalue weighted by Gasteiger charge is -2.36. The van der Waals surface area contributed by atoms with Crippen molar-refractivity contribution < 1.29 is 4.74 Å². The Morgan fingerprint density at radius 3 is 2.55 bits per heavy atom. The highest BCUT2D eigenvalue weighted by atomic mass is 32.1. The Morgan fingerprint density at radius 2 is 1.86 bits per heavy atom. The molecule has 8 heteroatoms. The van der Waals surface area contributed by atoms with Crippen LogP contribution >= 0.6 is 23.6 Å². The first-order chi connectivity index (χ1) is 14.2. The van der Waals surface area contributed by atoms with Crippen LogP contribution in [0.15, 0.2) is 41.8 Å². The minimum absolute atomic E-state index is 0.682. The summed E-state index contributed by atoms with van der Waals surface area (Å²) in [7, 11) is 0. The monoisotopic (exact) mass is 429 g/mol. The third-order valence-corrected chi connectivity index (χ3v) is 6.49. The molecule has 4 rings (SSSR count). The van der Waals surface area contributed by atoms with E-state index in [1.54, 1.807) is 11.3 Å². The van der Waals surface area contributed by atoms with Gasteiger partial charge in [-0.1, -0.05) is 18.2 Å². The van der Waals surface area contributed by atoms with Crippen LogP contribution in [-0.4, -0.2) is 52.0 Å². The molecule has 0 radical (unpaired) electrons. The van der Waals surface area contributed by atoms with E-state index in [4.69, 9.17) is 22.1 Å². The van der Waals surface area contributed by atoms with Gasteiger partial charge in [0.1, 0.15) is 5.75 Å². The highest BCUT2D eigenvalue weighted by Crippen LogP contribution is 2.29. The van der Waals surface area contributed by atoms with Crippen LogP contribution in [0.25, 0.3) is 10.7 Å². The highest BCUT2D eigenvalue weighted by Gasteiger charge is 2.21. The summed E-state index contributed by atoms with van der Waals surface area (Å²) in [5, 5.41) is 6.92. The molecule has 0 amide bonds. The molecule has 2 aromatic heterocycles. The SMILES string of the molecule is CCOc1ccccc1N1CCN(Cn2nc(-c3cccs3)n(CC)c2=S)CC1. The number of rotatable bonds is 7. The van der Waals surface area contributed by atoms with Crippen molar-refractivity contribution >= 4 is 29.2 Å². The molecule has 1 aromatic carbocycles. The van der Waals surface area contributed by atoms with Crippen LogP contribution in [0.1, 0.15) is 13.8 Å². The largest absolute Gasteiger partial charge is 0.492 e. The molecule has 154 valence electrons. The lowest BCUT2D eigenvalue weighted by molar-refractivity contribution is 0.193. The van der Waals surface area contributed by atoms with E-state index >= 15 is 0 Å². The fourth-order valence-electron chi connectivity index (χ4n) is 3.72. The van der Waals surface area contributed by atoms with Crippen molar-refractivity contribution in [3.8, 4) is 16.5 Å². The molecular formula is C21H27N5OS2. The molecule has 0 atom stereocenters. The summed E-state index contributed by atoms with van der Waals surface area (Å²) in [4.78, 5) is 5.98. The number of aromatic nitrogens is 3. The molecule has 1 aliphatic heterocycles. The van der Waals surface area contributed by atoms with Crippen LogP contribution in [0, 0.1) is 4.77 Å². The van der Waals surface area contributed by atoms with Gasteiger partial charge in [-0.15, -0.1) is 16.4 Å². The number of ether oxygens (including phenoxy) is 1. The van der Waals surface area contributed by atoms with Gasteiger partial charge >= 0.3 is 0 Å². The van der Waals surface area contributed by atoms with E-state index < -0.39 is 0 Å². The molecule has 0 N–H and O–H groups in total. The van der Waals surface area contributed by atoms with Gasteiger partial charge in [0, 0.05) is 32.7 Å². The third kappa shape index (κ3) is 4.24. The van der Waals surface area contributed by atoms with Crippen molar-refractivity contribution in [3.63, 3.8) is 0 Å². The summed E-state index contributed by atoms with van der Waals surface area (Å²) in [6.45, 7) is 10.2. The molecular weight excluding hydrogens is 402 g/mol. The number of piperazine rings is 1. The first kappa shape index (κ1) is 20.1. The van der Waals surface area contributed by atoms with Crippen LogP contribution in [0.4, 0.5) is 5.69 Å². The average molecular weight is 430 g/mol. The van der Waals surface area contributed by atoms with Gasteiger partial charge in [0.2, 0.25) is 0 Å². The van der Waals surface area contributed by atoms with E-state index in [1.165, 1.54) is 5.69 Å². The van der Waals surface area contributed by atoms with Crippen molar-refractivity contribution in [1.29, 1.82) is 0 Å². The Bertz CT molecular complexity index is 987. The second-order valence-corrected chi connectivity index (χ2v) is 8.29. The summed E-state index contributed by atoms with van der Waals surface area (Å²) in [5.74, 6) is 1.93. The molecule has 0 saturated carbocycles. The summed E-state index contributed by atoms with van der Waals surface area (Å²) in [6.07, 6.45) is 0. The van der Waals surface area contributed by atoms with Crippen LogP contribution in [0.2, 0.25) is 0 Å². The Morgan fingerprint density at radius 1 is 1.07 bits per heavy atom. The standard InChI is InChI=1S/C21H27N5OS2/c1-3-25-20(19-10-7-15-29-19)22-26(21(25)28)16-23-11-13-24(14-12-23)17-8-5-6-9-18(17)27-4-2/h5-10,15H,3-4,11-14,16H2,1-2H3. The number of benzene rings is 1.